The first kappa shape index (κ1) is 19.9. The molecule has 28 heavy (non-hydrogen) atoms. The van der Waals surface area contributed by atoms with Crippen molar-refractivity contribution in [2.24, 2.45) is 0 Å². The fraction of sp³-hybridized carbons (Fsp3) is 0.150. The van der Waals surface area contributed by atoms with Crippen molar-refractivity contribution in [2.45, 2.75) is 19.8 Å². The molecule has 0 aliphatic heterocycles. The maximum atomic E-state index is 12.4. The first-order valence-corrected chi connectivity index (χ1v) is 9.26. The van der Waals surface area contributed by atoms with Gasteiger partial charge < -0.3 is 15.2 Å². The summed E-state index contributed by atoms with van der Waals surface area (Å²) in [6, 6.07) is 13.5. The van der Waals surface area contributed by atoms with Gasteiger partial charge in [0, 0.05) is 22.6 Å². The van der Waals surface area contributed by atoms with E-state index in [-0.39, 0.29) is 23.5 Å². The highest BCUT2D eigenvalue weighted by Gasteiger charge is 2.14. The number of aromatic nitrogens is 1. The Morgan fingerprint density at radius 2 is 1.64 bits per heavy atom. The van der Waals surface area contributed by atoms with Crippen molar-refractivity contribution in [1.82, 2.24) is 5.16 Å². The normalized spacial score (nSPS) is 10.5. The molecule has 0 saturated carbocycles. The van der Waals surface area contributed by atoms with E-state index in [4.69, 9.17) is 27.7 Å². The molecule has 2 amide bonds. The number of amides is 2. The Balaban J connectivity index is 1.65. The summed E-state index contributed by atoms with van der Waals surface area (Å²) in [5.41, 5.74) is 2.83. The van der Waals surface area contributed by atoms with Crippen LogP contribution in [0.3, 0.4) is 0 Å². The molecular weight excluding hydrogens is 401 g/mol. The van der Waals surface area contributed by atoms with Gasteiger partial charge in [0.05, 0.1) is 17.1 Å². The molecule has 144 valence electrons. The smallest absolute Gasteiger partial charge is 0.255 e. The Labute approximate surface area is 171 Å². The number of hydrogen-bond donors (Lipinski definition) is 2. The highest BCUT2D eigenvalue weighted by molar-refractivity contribution is 6.30. The molecule has 0 aliphatic rings. The van der Waals surface area contributed by atoms with Crippen molar-refractivity contribution in [2.75, 3.05) is 10.6 Å². The Bertz CT molecular complexity index is 981. The number of aryl methyl sites for hydroxylation is 1. The van der Waals surface area contributed by atoms with Gasteiger partial charge in [-0.05, 0) is 61.3 Å². The van der Waals surface area contributed by atoms with E-state index in [2.05, 4.69) is 15.8 Å². The highest BCUT2D eigenvalue weighted by atomic mass is 35.5. The van der Waals surface area contributed by atoms with Crippen LogP contribution >= 0.6 is 23.2 Å². The van der Waals surface area contributed by atoms with Gasteiger partial charge in [0.25, 0.3) is 5.91 Å². The fourth-order valence-corrected chi connectivity index (χ4v) is 2.98. The van der Waals surface area contributed by atoms with Crippen LogP contribution in [-0.2, 0) is 11.2 Å². The van der Waals surface area contributed by atoms with E-state index in [0.29, 0.717) is 39.6 Å². The number of carbonyl (C=O) groups excluding carboxylic acids is 2. The Kier molecular flexibility index (Phi) is 6.34. The van der Waals surface area contributed by atoms with Crippen LogP contribution in [0.1, 0.15) is 28.0 Å². The Morgan fingerprint density at radius 1 is 1.00 bits per heavy atom. The third-order valence-electron chi connectivity index (χ3n) is 4.09. The lowest BCUT2D eigenvalue weighted by atomic mass is 10.1. The summed E-state index contributed by atoms with van der Waals surface area (Å²) in [6.07, 6.45) is 0.598. The van der Waals surface area contributed by atoms with Crippen molar-refractivity contribution in [3.8, 4) is 0 Å². The Hall–Kier alpha value is -2.83. The average Bonchev–Trinajstić information content (AvgIpc) is 3.00. The minimum absolute atomic E-state index is 0.195. The lowest BCUT2D eigenvalue weighted by Gasteiger charge is -2.12. The number of halogens is 2. The summed E-state index contributed by atoms with van der Waals surface area (Å²) >= 11 is 11.8. The van der Waals surface area contributed by atoms with Crippen molar-refractivity contribution >= 4 is 46.4 Å². The molecule has 0 bridgehead atoms. The zero-order chi connectivity index (χ0) is 20.1. The van der Waals surface area contributed by atoms with Gasteiger partial charge in [0.15, 0.2) is 0 Å². The quantitative estimate of drug-likeness (QED) is 0.583. The van der Waals surface area contributed by atoms with E-state index in [9.17, 15) is 9.59 Å². The van der Waals surface area contributed by atoms with E-state index in [1.54, 1.807) is 55.5 Å². The monoisotopic (exact) mass is 417 g/mol. The fourth-order valence-electron chi connectivity index (χ4n) is 2.59. The number of anilines is 2. The predicted octanol–water partition coefficient (Wildman–Crippen LogP) is 5.11. The minimum atomic E-state index is -0.301. The number of hydrogen-bond acceptors (Lipinski definition) is 4. The standard InChI is InChI=1S/C20H17Cl2N3O3/c1-12-15(19(22)28-25-12)10-11-18(26)23-16-4-2-3-5-17(16)24-20(27)13-6-8-14(21)9-7-13/h2-9H,10-11H2,1H3,(H,23,26)(H,24,27). The molecule has 8 heteroatoms. The second-order valence-electron chi connectivity index (χ2n) is 6.08. The minimum Gasteiger partial charge on any atom is -0.344 e. The lowest BCUT2D eigenvalue weighted by Crippen LogP contribution is -2.17. The van der Waals surface area contributed by atoms with Crippen LogP contribution in [0.4, 0.5) is 11.4 Å². The summed E-state index contributed by atoms with van der Waals surface area (Å²) in [5, 5.41) is 10.1. The van der Waals surface area contributed by atoms with E-state index in [1.807, 2.05) is 0 Å². The third kappa shape index (κ3) is 4.91. The zero-order valence-corrected chi connectivity index (χ0v) is 16.5. The summed E-state index contributed by atoms with van der Waals surface area (Å²) in [5.74, 6) is -0.518. The van der Waals surface area contributed by atoms with Crippen LogP contribution in [0.25, 0.3) is 0 Å². The Morgan fingerprint density at radius 3 is 2.25 bits per heavy atom. The molecule has 6 nitrogen and oxygen atoms in total. The molecule has 0 spiro atoms. The van der Waals surface area contributed by atoms with Crippen LogP contribution in [-0.4, -0.2) is 17.0 Å². The molecule has 1 aromatic heterocycles. The second kappa shape index (κ2) is 8.91. The predicted molar refractivity (Wildman–Crippen MR) is 109 cm³/mol. The SMILES string of the molecule is Cc1noc(Cl)c1CCC(=O)Nc1ccccc1NC(=O)c1ccc(Cl)cc1. The molecule has 0 aliphatic carbocycles. The van der Waals surface area contributed by atoms with Crippen molar-refractivity contribution < 1.29 is 14.1 Å². The van der Waals surface area contributed by atoms with Crippen LogP contribution in [0.15, 0.2) is 53.1 Å². The number of carbonyl (C=O) groups is 2. The van der Waals surface area contributed by atoms with Gasteiger partial charge in [0.2, 0.25) is 11.1 Å². The first-order valence-electron chi connectivity index (χ1n) is 8.50. The number of rotatable bonds is 6. The van der Waals surface area contributed by atoms with Crippen LogP contribution in [0.2, 0.25) is 10.2 Å². The van der Waals surface area contributed by atoms with E-state index in [0.717, 1.165) is 0 Å². The third-order valence-corrected chi connectivity index (χ3v) is 4.64. The molecule has 0 radical (unpaired) electrons. The van der Waals surface area contributed by atoms with Crippen LogP contribution in [0, 0.1) is 6.92 Å². The molecule has 2 N–H and O–H groups in total. The van der Waals surface area contributed by atoms with Crippen molar-refractivity contribution in [3.05, 3.63) is 75.6 Å². The van der Waals surface area contributed by atoms with Gasteiger partial charge in [0.1, 0.15) is 0 Å². The molecule has 3 rings (SSSR count). The lowest BCUT2D eigenvalue weighted by molar-refractivity contribution is -0.116. The maximum absolute atomic E-state index is 12.4. The molecule has 0 saturated heterocycles. The maximum Gasteiger partial charge on any atom is 0.255 e. The summed E-state index contributed by atoms with van der Waals surface area (Å²) in [6.45, 7) is 1.77. The van der Waals surface area contributed by atoms with Crippen LogP contribution in [0.5, 0.6) is 0 Å². The molecule has 0 atom stereocenters. The van der Waals surface area contributed by atoms with E-state index >= 15 is 0 Å². The van der Waals surface area contributed by atoms with Gasteiger partial charge in [-0.25, -0.2) is 0 Å². The highest BCUT2D eigenvalue weighted by Crippen LogP contribution is 2.24. The largest absolute Gasteiger partial charge is 0.344 e. The molecule has 2 aromatic carbocycles. The number of benzene rings is 2. The van der Waals surface area contributed by atoms with E-state index < -0.39 is 0 Å². The van der Waals surface area contributed by atoms with Gasteiger partial charge in [-0.3, -0.25) is 9.59 Å². The molecular formula is C20H17Cl2N3O3. The summed E-state index contributed by atoms with van der Waals surface area (Å²) in [7, 11) is 0. The number of nitrogens with one attached hydrogen (secondary N) is 2. The van der Waals surface area contributed by atoms with Gasteiger partial charge >= 0.3 is 0 Å². The van der Waals surface area contributed by atoms with Crippen molar-refractivity contribution in [1.29, 1.82) is 0 Å². The topological polar surface area (TPSA) is 84.2 Å². The first-order chi connectivity index (χ1) is 13.4. The van der Waals surface area contributed by atoms with Gasteiger partial charge in [-0.1, -0.05) is 28.9 Å². The van der Waals surface area contributed by atoms with E-state index in [1.165, 1.54) is 0 Å². The average molecular weight is 418 g/mol. The molecule has 3 aromatic rings. The molecule has 0 fully saturated rings. The number of nitrogens with zero attached hydrogens (tertiary/aromatic N) is 1. The van der Waals surface area contributed by atoms with Crippen LogP contribution < -0.4 is 10.6 Å². The molecule has 0 unspecified atom stereocenters. The number of para-hydroxylation sites is 2. The van der Waals surface area contributed by atoms with Gasteiger partial charge in [-0.2, -0.15) is 0 Å². The summed E-state index contributed by atoms with van der Waals surface area (Å²) < 4.78 is 4.89. The summed E-state index contributed by atoms with van der Waals surface area (Å²) in [4.78, 5) is 24.8. The van der Waals surface area contributed by atoms with Gasteiger partial charge in [-0.15, -0.1) is 0 Å². The molecule has 1 heterocycles. The van der Waals surface area contributed by atoms with Crippen molar-refractivity contribution in [3.63, 3.8) is 0 Å². The zero-order valence-electron chi connectivity index (χ0n) is 15.0. The second-order valence-corrected chi connectivity index (χ2v) is 6.85.